The third kappa shape index (κ3) is 8.70. The molecule has 2 heteroatoms. The SMILES string of the molecule is CCCSC#C[Te+](C)C. The summed E-state index contributed by atoms with van der Waals surface area (Å²) in [6.07, 6.45) is 1.24. The molecule has 0 aromatic carbocycles. The normalized spacial score (nSPS) is 8.89. The third-order valence-corrected chi connectivity index (χ3v) is 3.34. The minimum atomic E-state index is -0.845. The van der Waals surface area contributed by atoms with E-state index in [-0.39, 0.29) is 0 Å². The molecule has 0 bridgehead atoms. The number of hydrogen-bond donors (Lipinski definition) is 0. The molecule has 0 aromatic heterocycles. The summed E-state index contributed by atoms with van der Waals surface area (Å²) in [4.78, 5) is 4.56. The van der Waals surface area contributed by atoms with Crippen LogP contribution >= 0.6 is 11.8 Å². The van der Waals surface area contributed by atoms with Gasteiger partial charge in [-0.05, 0) is 0 Å². The van der Waals surface area contributed by atoms with Gasteiger partial charge in [-0.25, -0.2) is 0 Å². The van der Waals surface area contributed by atoms with Crippen molar-refractivity contribution in [3.05, 3.63) is 0 Å². The molecule has 0 N–H and O–H groups in total. The molecule has 0 rings (SSSR count). The first-order chi connectivity index (χ1) is 4.27. The zero-order valence-corrected chi connectivity index (χ0v) is 9.38. The van der Waals surface area contributed by atoms with Crippen molar-refractivity contribution in [3.63, 3.8) is 0 Å². The molecular formula is C7H13STe+. The Hall–Kier alpha value is 0.700. The molecular weight excluding hydrogens is 244 g/mol. The van der Waals surface area contributed by atoms with E-state index in [0.717, 1.165) is 0 Å². The quantitative estimate of drug-likeness (QED) is 0.415. The fourth-order valence-corrected chi connectivity index (χ4v) is 2.73. The fraction of sp³-hybridized carbons (Fsp3) is 0.714. The average Bonchev–Trinajstić information content (AvgIpc) is 1.80. The number of rotatable bonds is 2. The Morgan fingerprint density at radius 3 is 2.56 bits per heavy atom. The standard InChI is InChI=1S/C7H13STe/c1-4-5-8-6-7-9(2)3/h4-5H2,1-3H3/q+1. The Kier molecular flexibility index (Phi) is 7.34. The summed E-state index contributed by atoms with van der Waals surface area (Å²) in [7, 11) is 0. The zero-order valence-electron chi connectivity index (χ0n) is 6.23. The molecule has 0 spiro atoms. The Morgan fingerprint density at radius 1 is 1.44 bits per heavy atom. The van der Waals surface area contributed by atoms with Crippen molar-refractivity contribution in [2.24, 2.45) is 0 Å². The van der Waals surface area contributed by atoms with Crippen LogP contribution in [-0.4, -0.2) is 25.3 Å². The fourth-order valence-electron chi connectivity index (χ4n) is 0.266. The van der Waals surface area contributed by atoms with Gasteiger partial charge in [-0.2, -0.15) is 0 Å². The van der Waals surface area contributed by atoms with E-state index in [1.165, 1.54) is 12.2 Å². The molecule has 0 atom stereocenters. The molecule has 0 nitrogen and oxygen atoms in total. The van der Waals surface area contributed by atoms with Gasteiger partial charge in [-0.3, -0.25) is 0 Å². The molecule has 9 heavy (non-hydrogen) atoms. The second-order valence-electron chi connectivity index (χ2n) is 1.87. The predicted octanol–water partition coefficient (Wildman–Crippen LogP) is 2.38. The maximum absolute atomic E-state index is 3.26. The molecule has 0 radical (unpaired) electrons. The van der Waals surface area contributed by atoms with Crippen LogP contribution in [0, 0.1) is 9.22 Å². The predicted molar refractivity (Wildman–Crippen MR) is 48.0 cm³/mol. The molecule has 0 amide bonds. The first-order valence-electron chi connectivity index (χ1n) is 2.97. The van der Waals surface area contributed by atoms with Crippen LogP contribution in [0.25, 0.3) is 0 Å². The van der Waals surface area contributed by atoms with Crippen molar-refractivity contribution in [1.29, 1.82) is 0 Å². The van der Waals surface area contributed by atoms with Gasteiger partial charge in [0.05, 0.1) is 0 Å². The number of hydrogen-bond acceptors (Lipinski definition) is 1. The third-order valence-electron chi connectivity index (χ3n) is 0.624. The van der Waals surface area contributed by atoms with Gasteiger partial charge in [0.2, 0.25) is 0 Å². The average molecular weight is 257 g/mol. The molecule has 52 valence electrons. The van der Waals surface area contributed by atoms with Crippen molar-refractivity contribution in [3.8, 4) is 9.22 Å². The molecule has 0 unspecified atom stereocenters. The van der Waals surface area contributed by atoms with E-state index < -0.39 is 19.6 Å². The molecule has 0 fully saturated rings. The Morgan fingerprint density at radius 2 is 2.11 bits per heavy atom. The van der Waals surface area contributed by atoms with Gasteiger partial charge >= 0.3 is 69.6 Å². The van der Waals surface area contributed by atoms with Crippen LogP contribution in [0.4, 0.5) is 0 Å². The van der Waals surface area contributed by atoms with Gasteiger partial charge in [0.15, 0.2) is 0 Å². The summed E-state index contributed by atoms with van der Waals surface area (Å²) in [5.74, 6) is 1.19. The molecule has 0 heterocycles. The van der Waals surface area contributed by atoms with Gasteiger partial charge in [-0.15, -0.1) is 0 Å². The molecule has 0 aliphatic rings. The van der Waals surface area contributed by atoms with Gasteiger partial charge in [0, 0.05) is 0 Å². The van der Waals surface area contributed by atoms with Crippen LogP contribution in [-0.2, 0) is 0 Å². The maximum atomic E-state index is 3.26. The monoisotopic (exact) mass is 259 g/mol. The summed E-state index contributed by atoms with van der Waals surface area (Å²) >= 11 is 0.917. The van der Waals surface area contributed by atoms with E-state index >= 15 is 0 Å². The summed E-state index contributed by atoms with van der Waals surface area (Å²) in [5.41, 5.74) is 0. The van der Waals surface area contributed by atoms with Crippen LogP contribution in [0.2, 0.25) is 9.94 Å². The number of thioether (sulfide) groups is 1. The second-order valence-corrected chi connectivity index (χ2v) is 8.01. The molecule has 0 saturated heterocycles. The Labute approximate surface area is 69.4 Å². The van der Waals surface area contributed by atoms with Crippen molar-refractivity contribution in [1.82, 2.24) is 0 Å². The van der Waals surface area contributed by atoms with E-state index in [1.807, 2.05) is 0 Å². The van der Waals surface area contributed by atoms with E-state index in [4.69, 9.17) is 0 Å². The van der Waals surface area contributed by atoms with Crippen molar-refractivity contribution in [2.45, 2.75) is 23.3 Å². The summed E-state index contributed by atoms with van der Waals surface area (Å²) in [6, 6.07) is 0. The van der Waals surface area contributed by atoms with Gasteiger partial charge in [-0.1, -0.05) is 0 Å². The topological polar surface area (TPSA) is 0 Å². The van der Waals surface area contributed by atoms with E-state index in [0.29, 0.717) is 0 Å². The van der Waals surface area contributed by atoms with E-state index in [9.17, 15) is 0 Å². The van der Waals surface area contributed by atoms with Crippen molar-refractivity contribution in [2.75, 3.05) is 5.75 Å². The van der Waals surface area contributed by atoms with Gasteiger partial charge < -0.3 is 0 Å². The van der Waals surface area contributed by atoms with Crippen LogP contribution in [0.5, 0.6) is 0 Å². The van der Waals surface area contributed by atoms with Crippen molar-refractivity contribution >= 4 is 31.3 Å². The first-order valence-corrected chi connectivity index (χ1v) is 9.78. The summed E-state index contributed by atoms with van der Waals surface area (Å²) < 4.78 is 3.26. The van der Waals surface area contributed by atoms with Crippen LogP contribution < -0.4 is 0 Å². The Bertz CT molecular complexity index is 110. The first kappa shape index (κ1) is 9.70. The van der Waals surface area contributed by atoms with Crippen LogP contribution in [0.3, 0.4) is 0 Å². The van der Waals surface area contributed by atoms with E-state index in [1.54, 1.807) is 11.8 Å². The minimum absolute atomic E-state index is 0.845. The Balaban J connectivity index is 3.16. The van der Waals surface area contributed by atoms with E-state index in [2.05, 4.69) is 26.1 Å². The van der Waals surface area contributed by atoms with Crippen LogP contribution in [0.1, 0.15) is 13.3 Å². The molecule has 0 aliphatic carbocycles. The summed E-state index contributed by atoms with van der Waals surface area (Å²) in [6.45, 7) is 2.18. The summed E-state index contributed by atoms with van der Waals surface area (Å²) in [5, 5.41) is 3.13. The zero-order chi connectivity index (χ0) is 7.11. The van der Waals surface area contributed by atoms with Gasteiger partial charge in [0.1, 0.15) is 0 Å². The molecule has 0 aromatic rings. The van der Waals surface area contributed by atoms with Crippen molar-refractivity contribution < 1.29 is 0 Å². The molecule has 0 saturated carbocycles. The molecule has 0 aliphatic heterocycles. The van der Waals surface area contributed by atoms with Gasteiger partial charge in [0.25, 0.3) is 0 Å². The second kappa shape index (κ2) is 6.81. The van der Waals surface area contributed by atoms with Crippen LogP contribution in [0.15, 0.2) is 0 Å².